The quantitative estimate of drug-likeness (QED) is 0.810. The van der Waals surface area contributed by atoms with Crippen molar-refractivity contribution < 1.29 is 9.53 Å². The normalized spacial score (nSPS) is 20.4. The van der Waals surface area contributed by atoms with Gasteiger partial charge in [0.05, 0.1) is 17.9 Å². The summed E-state index contributed by atoms with van der Waals surface area (Å²) in [5, 5.41) is 10.4. The molecular formula is C13H22N4O2. The van der Waals surface area contributed by atoms with E-state index < -0.39 is 5.60 Å². The average Bonchev–Trinajstić information content (AvgIpc) is 2.73. The van der Waals surface area contributed by atoms with Gasteiger partial charge in [-0.05, 0) is 33.3 Å². The highest BCUT2D eigenvalue weighted by Gasteiger charge is 2.29. The number of aryl methyl sites for hydroxylation is 1. The zero-order valence-corrected chi connectivity index (χ0v) is 12.0. The molecular weight excluding hydrogens is 244 g/mol. The molecule has 0 spiro atoms. The third kappa shape index (κ3) is 3.47. The van der Waals surface area contributed by atoms with E-state index in [9.17, 15) is 4.79 Å². The summed E-state index contributed by atoms with van der Waals surface area (Å²) < 4.78 is 5.41. The second-order valence-corrected chi connectivity index (χ2v) is 5.90. The second-order valence-electron chi connectivity index (χ2n) is 5.90. The Morgan fingerprint density at radius 2 is 2.26 bits per heavy atom. The van der Waals surface area contributed by atoms with E-state index in [1.807, 2.05) is 27.7 Å². The number of hydrogen-bond donors (Lipinski definition) is 2. The summed E-state index contributed by atoms with van der Waals surface area (Å²) in [6.07, 6.45) is 1.54. The molecule has 0 saturated carbocycles. The third-order valence-corrected chi connectivity index (χ3v) is 3.04. The van der Waals surface area contributed by atoms with E-state index >= 15 is 0 Å². The molecule has 1 saturated heterocycles. The van der Waals surface area contributed by atoms with Crippen molar-refractivity contribution in [1.29, 1.82) is 0 Å². The van der Waals surface area contributed by atoms with Crippen LogP contribution < -0.4 is 5.32 Å². The fourth-order valence-corrected chi connectivity index (χ4v) is 2.14. The van der Waals surface area contributed by atoms with Crippen molar-refractivity contribution in [2.45, 2.75) is 39.3 Å². The summed E-state index contributed by atoms with van der Waals surface area (Å²) in [6.45, 7) is 9.66. The zero-order chi connectivity index (χ0) is 14.0. The molecule has 1 aromatic heterocycles. The van der Waals surface area contributed by atoms with E-state index in [1.54, 1.807) is 11.1 Å². The van der Waals surface area contributed by atoms with Gasteiger partial charge in [-0.1, -0.05) is 0 Å². The van der Waals surface area contributed by atoms with Gasteiger partial charge >= 0.3 is 6.09 Å². The summed E-state index contributed by atoms with van der Waals surface area (Å²) >= 11 is 0. The van der Waals surface area contributed by atoms with Crippen LogP contribution in [0.25, 0.3) is 0 Å². The van der Waals surface area contributed by atoms with Gasteiger partial charge in [-0.25, -0.2) is 4.79 Å². The van der Waals surface area contributed by atoms with E-state index in [0.29, 0.717) is 13.1 Å². The van der Waals surface area contributed by atoms with Crippen LogP contribution in [0, 0.1) is 6.92 Å². The first-order chi connectivity index (χ1) is 8.87. The van der Waals surface area contributed by atoms with Crippen LogP contribution >= 0.6 is 0 Å². The molecule has 2 N–H and O–H groups in total. The Hall–Kier alpha value is -1.56. The van der Waals surface area contributed by atoms with Gasteiger partial charge in [0.2, 0.25) is 0 Å². The summed E-state index contributed by atoms with van der Waals surface area (Å²) in [5.74, 6) is 0. The molecule has 0 bridgehead atoms. The number of carbonyl (C=O) groups is 1. The highest BCUT2D eigenvalue weighted by molar-refractivity contribution is 5.68. The standard InChI is InChI=1S/C13H22N4O2/c1-9-7-15-16-11(9)10-8-17(6-5-14-10)12(18)19-13(2,3)4/h7,10,14H,5-6,8H2,1-4H3,(H,15,16). The lowest BCUT2D eigenvalue weighted by Crippen LogP contribution is -2.49. The minimum Gasteiger partial charge on any atom is -0.444 e. The first-order valence-electron chi connectivity index (χ1n) is 6.58. The fraction of sp³-hybridized carbons (Fsp3) is 0.692. The van der Waals surface area contributed by atoms with Crippen LogP contribution in [0.2, 0.25) is 0 Å². The van der Waals surface area contributed by atoms with Crippen LogP contribution in [0.4, 0.5) is 4.79 Å². The van der Waals surface area contributed by atoms with Crippen LogP contribution in [0.15, 0.2) is 6.20 Å². The highest BCUT2D eigenvalue weighted by Crippen LogP contribution is 2.19. The number of aromatic nitrogens is 2. The van der Waals surface area contributed by atoms with Crippen LogP contribution in [-0.2, 0) is 4.74 Å². The van der Waals surface area contributed by atoms with E-state index in [-0.39, 0.29) is 12.1 Å². The van der Waals surface area contributed by atoms with Crippen molar-refractivity contribution in [3.8, 4) is 0 Å². The van der Waals surface area contributed by atoms with E-state index in [1.165, 1.54) is 0 Å². The molecule has 0 aliphatic carbocycles. The Morgan fingerprint density at radius 1 is 1.53 bits per heavy atom. The van der Waals surface area contributed by atoms with Gasteiger partial charge in [0.15, 0.2) is 0 Å². The topological polar surface area (TPSA) is 70.2 Å². The molecule has 106 valence electrons. The molecule has 1 aliphatic rings. The first kappa shape index (κ1) is 13.9. The molecule has 6 heteroatoms. The van der Waals surface area contributed by atoms with Gasteiger partial charge in [0.1, 0.15) is 5.60 Å². The number of nitrogens with zero attached hydrogens (tertiary/aromatic N) is 2. The van der Waals surface area contributed by atoms with E-state index in [2.05, 4.69) is 15.5 Å². The Kier molecular flexibility index (Phi) is 3.80. The predicted octanol–water partition coefficient (Wildman–Crippen LogP) is 1.60. The van der Waals surface area contributed by atoms with Crippen molar-refractivity contribution in [2.75, 3.05) is 19.6 Å². The van der Waals surface area contributed by atoms with E-state index in [0.717, 1.165) is 17.8 Å². The monoisotopic (exact) mass is 266 g/mol. The number of aromatic amines is 1. The molecule has 6 nitrogen and oxygen atoms in total. The Morgan fingerprint density at radius 3 is 2.84 bits per heavy atom. The van der Waals surface area contributed by atoms with Crippen molar-refractivity contribution in [2.24, 2.45) is 0 Å². The number of carbonyl (C=O) groups excluding carboxylic acids is 1. The van der Waals surface area contributed by atoms with Crippen molar-refractivity contribution >= 4 is 6.09 Å². The molecule has 0 aromatic carbocycles. The van der Waals surface area contributed by atoms with Crippen molar-refractivity contribution in [3.05, 3.63) is 17.5 Å². The van der Waals surface area contributed by atoms with E-state index in [4.69, 9.17) is 4.74 Å². The third-order valence-electron chi connectivity index (χ3n) is 3.04. The average molecular weight is 266 g/mol. The number of nitrogens with one attached hydrogen (secondary N) is 2. The fourth-order valence-electron chi connectivity index (χ4n) is 2.14. The van der Waals surface area contributed by atoms with Crippen LogP contribution in [0.5, 0.6) is 0 Å². The lowest BCUT2D eigenvalue weighted by molar-refractivity contribution is 0.0193. The SMILES string of the molecule is Cc1cn[nH]c1C1CN(C(=O)OC(C)(C)C)CCN1. The maximum absolute atomic E-state index is 12.1. The first-order valence-corrected chi connectivity index (χ1v) is 6.58. The second kappa shape index (κ2) is 5.21. The lowest BCUT2D eigenvalue weighted by Gasteiger charge is -2.34. The van der Waals surface area contributed by atoms with Crippen molar-refractivity contribution in [3.63, 3.8) is 0 Å². The number of hydrogen-bond acceptors (Lipinski definition) is 4. The van der Waals surface area contributed by atoms with Crippen LogP contribution in [-0.4, -0.2) is 46.4 Å². The van der Waals surface area contributed by atoms with Crippen LogP contribution in [0.3, 0.4) is 0 Å². The molecule has 0 radical (unpaired) electrons. The van der Waals surface area contributed by atoms with Gasteiger partial charge in [0, 0.05) is 19.6 Å². The molecule has 2 rings (SSSR count). The summed E-state index contributed by atoms with van der Waals surface area (Å²) in [7, 11) is 0. The van der Waals surface area contributed by atoms with Gasteiger partial charge in [-0.2, -0.15) is 5.10 Å². The van der Waals surface area contributed by atoms with Gasteiger partial charge in [-0.3, -0.25) is 5.10 Å². The lowest BCUT2D eigenvalue weighted by atomic mass is 10.1. The predicted molar refractivity (Wildman–Crippen MR) is 71.9 cm³/mol. The molecule has 1 fully saturated rings. The highest BCUT2D eigenvalue weighted by atomic mass is 16.6. The summed E-state index contributed by atoms with van der Waals surface area (Å²) in [4.78, 5) is 13.8. The molecule has 1 atom stereocenters. The number of piperazine rings is 1. The number of rotatable bonds is 1. The molecule has 1 aromatic rings. The molecule has 19 heavy (non-hydrogen) atoms. The molecule has 1 amide bonds. The summed E-state index contributed by atoms with van der Waals surface area (Å²) in [6, 6.07) is 0.0868. The minimum absolute atomic E-state index is 0.0868. The van der Waals surface area contributed by atoms with Gasteiger partial charge < -0.3 is 15.0 Å². The maximum Gasteiger partial charge on any atom is 0.410 e. The van der Waals surface area contributed by atoms with Crippen LogP contribution in [0.1, 0.15) is 38.1 Å². The number of H-pyrrole nitrogens is 1. The zero-order valence-electron chi connectivity index (χ0n) is 12.0. The molecule has 2 heterocycles. The molecule has 1 unspecified atom stereocenters. The Balaban J connectivity index is 2.01. The smallest absolute Gasteiger partial charge is 0.410 e. The summed E-state index contributed by atoms with van der Waals surface area (Å²) in [5.41, 5.74) is 1.68. The number of amides is 1. The van der Waals surface area contributed by atoms with Crippen molar-refractivity contribution in [1.82, 2.24) is 20.4 Å². The minimum atomic E-state index is -0.457. The molecule has 1 aliphatic heterocycles. The Bertz CT molecular complexity index is 450. The maximum atomic E-state index is 12.1. The van der Waals surface area contributed by atoms with Gasteiger partial charge in [-0.15, -0.1) is 0 Å². The largest absolute Gasteiger partial charge is 0.444 e. The number of ether oxygens (including phenoxy) is 1. The Labute approximate surface area is 113 Å². The van der Waals surface area contributed by atoms with Gasteiger partial charge in [0.25, 0.3) is 0 Å².